The number of methoxy groups -OCH3 is 1. The topological polar surface area (TPSA) is 59.9 Å². The Kier molecular flexibility index (Phi) is 6.26. The average molecular weight is 353 g/mol. The Morgan fingerprint density at radius 1 is 1.22 bits per heavy atom. The van der Waals surface area contributed by atoms with Crippen LogP contribution < -0.4 is 14.9 Å². The number of para-hydroxylation sites is 1. The first kappa shape index (κ1) is 17.1. The number of ether oxygens (including phenoxy) is 2. The molecule has 0 aliphatic rings. The van der Waals surface area contributed by atoms with Gasteiger partial charge in [-0.05, 0) is 30.3 Å². The maximum Gasteiger partial charge on any atom is 0.277 e. The molecule has 0 saturated heterocycles. The van der Waals surface area contributed by atoms with E-state index in [1.807, 2.05) is 18.2 Å². The minimum Gasteiger partial charge on any atom is -0.496 e. The number of halogens is 2. The number of hydrogen-bond donors (Lipinski definition) is 1. The second-order valence-corrected chi connectivity index (χ2v) is 5.24. The molecule has 5 nitrogen and oxygen atoms in total. The third-order valence-corrected chi connectivity index (χ3v) is 3.31. The fourth-order valence-corrected chi connectivity index (χ4v) is 2.18. The molecule has 0 atom stereocenters. The summed E-state index contributed by atoms with van der Waals surface area (Å²) in [5.41, 5.74) is 3.11. The van der Waals surface area contributed by atoms with E-state index in [1.54, 1.807) is 25.3 Å². The highest BCUT2D eigenvalue weighted by molar-refractivity contribution is 6.35. The summed E-state index contributed by atoms with van der Waals surface area (Å²) in [5.74, 6) is 0.622. The number of carbonyl (C=O) groups excluding carboxylic acids is 1. The van der Waals surface area contributed by atoms with E-state index in [-0.39, 0.29) is 6.61 Å². The van der Waals surface area contributed by atoms with Crippen molar-refractivity contribution in [3.05, 3.63) is 58.1 Å². The van der Waals surface area contributed by atoms with Crippen molar-refractivity contribution in [1.29, 1.82) is 0 Å². The van der Waals surface area contributed by atoms with Crippen molar-refractivity contribution in [3.8, 4) is 11.5 Å². The van der Waals surface area contributed by atoms with Crippen LogP contribution in [0.4, 0.5) is 0 Å². The van der Waals surface area contributed by atoms with Crippen molar-refractivity contribution in [3.63, 3.8) is 0 Å². The highest BCUT2D eigenvalue weighted by Crippen LogP contribution is 2.27. The lowest BCUT2D eigenvalue weighted by molar-refractivity contribution is -0.123. The molecule has 23 heavy (non-hydrogen) atoms. The van der Waals surface area contributed by atoms with E-state index < -0.39 is 5.91 Å². The van der Waals surface area contributed by atoms with Gasteiger partial charge in [-0.1, -0.05) is 35.3 Å². The molecule has 0 saturated carbocycles. The van der Waals surface area contributed by atoms with Crippen molar-refractivity contribution < 1.29 is 14.3 Å². The van der Waals surface area contributed by atoms with Gasteiger partial charge in [-0.2, -0.15) is 5.10 Å². The maximum absolute atomic E-state index is 11.7. The number of carbonyl (C=O) groups is 1. The third kappa shape index (κ3) is 5.16. The van der Waals surface area contributed by atoms with Gasteiger partial charge in [0.05, 0.1) is 18.3 Å². The number of nitrogens with zero attached hydrogens (tertiary/aromatic N) is 1. The fourth-order valence-electron chi connectivity index (χ4n) is 1.71. The Morgan fingerprint density at radius 3 is 2.74 bits per heavy atom. The van der Waals surface area contributed by atoms with Crippen LogP contribution in [0, 0.1) is 0 Å². The smallest absolute Gasteiger partial charge is 0.277 e. The van der Waals surface area contributed by atoms with Crippen molar-refractivity contribution in [2.45, 2.75) is 0 Å². The highest BCUT2D eigenvalue weighted by atomic mass is 35.5. The van der Waals surface area contributed by atoms with Gasteiger partial charge in [-0.25, -0.2) is 5.43 Å². The van der Waals surface area contributed by atoms with E-state index in [9.17, 15) is 4.79 Å². The summed E-state index contributed by atoms with van der Waals surface area (Å²) in [4.78, 5) is 11.7. The molecule has 7 heteroatoms. The molecule has 0 fully saturated rings. The standard InChI is InChI=1S/C16H14Cl2N2O3/c1-22-14-5-3-2-4-11(14)9-19-20-16(21)10-23-15-7-6-12(17)8-13(15)18/h2-9H,10H2,1H3,(H,20,21)/b19-9+. The number of rotatable bonds is 6. The highest BCUT2D eigenvalue weighted by Gasteiger charge is 2.06. The Bertz CT molecular complexity index is 720. The summed E-state index contributed by atoms with van der Waals surface area (Å²) in [6, 6.07) is 12.1. The molecule has 0 aliphatic heterocycles. The van der Waals surface area contributed by atoms with E-state index in [1.165, 1.54) is 12.3 Å². The molecular formula is C16H14Cl2N2O3. The number of benzene rings is 2. The predicted molar refractivity (Wildman–Crippen MR) is 90.7 cm³/mol. The summed E-state index contributed by atoms with van der Waals surface area (Å²) >= 11 is 11.7. The van der Waals surface area contributed by atoms with Crippen molar-refractivity contribution in [2.75, 3.05) is 13.7 Å². The lowest BCUT2D eigenvalue weighted by atomic mass is 10.2. The van der Waals surface area contributed by atoms with Crippen LogP contribution in [0.1, 0.15) is 5.56 Å². The lowest BCUT2D eigenvalue weighted by Gasteiger charge is -2.07. The molecule has 0 aromatic heterocycles. The van der Waals surface area contributed by atoms with Gasteiger partial charge in [0.1, 0.15) is 11.5 Å². The molecular weight excluding hydrogens is 339 g/mol. The van der Waals surface area contributed by atoms with Gasteiger partial charge in [-0.3, -0.25) is 4.79 Å². The van der Waals surface area contributed by atoms with Crippen LogP contribution in [-0.4, -0.2) is 25.8 Å². The molecule has 1 N–H and O–H groups in total. The Labute approximate surface area is 143 Å². The summed E-state index contributed by atoms with van der Waals surface area (Å²) in [7, 11) is 1.56. The van der Waals surface area contributed by atoms with Gasteiger partial charge in [0.2, 0.25) is 0 Å². The van der Waals surface area contributed by atoms with Crippen LogP contribution in [0.2, 0.25) is 10.0 Å². The van der Waals surface area contributed by atoms with E-state index >= 15 is 0 Å². The van der Waals surface area contributed by atoms with Crippen LogP contribution in [0.25, 0.3) is 0 Å². The zero-order valence-electron chi connectivity index (χ0n) is 12.3. The van der Waals surface area contributed by atoms with Gasteiger partial charge in [0, 0.05) is 10.6 Å². The van der Waals surface area contributed by atoms with E-state index in [0.29, 0.717) is 21.5 Å². The number of amides is 1. The Balaban J connectivity index is 1.86. The molecule has 120 valence electrons. The van der Waals surface area contributed by atoms with Crippen molar-refractivity contribution in [2.24, 2.45) is 5.10 Å². The summed E-state index contributed by atoms with van der Waals surface area (Å²) < 4.78 is 10.5. The molecule has 0 radical (unpaired) electrons. The third-order valence-electron chi connectivity index (χ3n) is 2.78. The lowest BCUT2D eigenvalue weighted by Crippen LogP contribution is -2.24. The Morgan fingerprint density at radius 2 is 2.00 bits per heavy atom. The molecule has 0 unspecified atom stereocenters. The van der Waals surface area contributed by atoms with Gasteiger partial charge in [0.25, 0.3) is 5.91 Å². The first-order chi connectivity index (χ1) is 11.1. The average Bonchev–Trinajstić information content (AvgIpc) is 2.54. The number of hydrazone groups is 1. The van der Waals surface area contributed by atoms with Crippen LogP contribution in [0.3, 0.4) is 0 Å². The van der Waals surface area contributed by atoms with Crippen LogP contribution in [-0.2, 0) is 4.79 Å². The molecule has 2 aromatic rings. The summed E-state index contributed by atoms with van der Waals surface area (Å²) in [6.07, 6.45) is 1.49. The molecule has 2 rings (SSSR count). The van der Waals surface area contributed by atoms with Crippen LogP contribution in [0.15, 0.2) is 47.6 Å². The molecule has 1 amide bonds. The van der Waals surface area contributed by atoms with E-state index in [2.05, 4.69) is 10.5 Å². The second-order valence-electron chi connectivity index (χ2n) is 4.40. The molecule has 0 bridgehead atoms. The summed E-state index contributed by atoms with van der Waals surface area (Å²) in [5, 5.41) is 4.69. The van der Waals surface area contributed by atoms with E-state index in [4.69, 9.17) is 32.7 Å². The van der Waals surface area contributed by atoms with Gasteiger partial charge < -0.3 is 9.47 Å². The monoisotopic (exact) mass is 352 g/mol. The fraction of sp³-hybridized carbons (Fsp3) is 0.125. The first-order valence-electron chi connectivity index (χ1n) is 6.63. The van der Waals surface area contributed by atoms with Gasteiger partial charge in [-0.15, -0.1) is 0 Å². The zero-order valence-corrected chi connectivity index (χ0v) is 13.8. The van der Waals surface area contributed by atoms with E-state index in [0.717, 1.165) is 5.56 Å². The normalized spacial score (nSPS) is 10.6. The van der Waals surface area contributed by atoms with Gasteiger partial charge in [0.15, 0.2) is 6.61 Å². The Hall–Kier alpha value is -2.24. The first-order valence-corrected chi connectivity index (χ1v) is 7.38. The minimum atomic E-state index is -0.415. The summed E-state index contributed by atoms with van der Waals surface area (Å²) in [6.45, 7) is -0.218. The SMILES string of the molecule is COc1ccccc1/C=N/NC(=O)COc1ccc(Cl)cc1Cl. The van der Waals surface area contributed by atoms with Crippen LogP contribution >= 0.6 is 23.2 Å². The second kappa shape index (κ2) is 8.41. The van der Waals surface area contributed by atoms with Crippen LogP contribution in [0.5, 0.6) is 11.5 Å². The number of hydrogen-bond acceptors (Lipinski definition) is 4. The zero-order chi connectivity index (χ0) is 16.7. The molecule has 2 aromatic carbocycles. The van der Waals surface area contributed by atoms with Gasteiger partial charge >= 0.3 is 0 Å². The van der Waals surface area contributed by atoms with Crippen molar-refractivity contribution >= 4 is 35.3 Å². The molecule has 0 heterocycles. The molecule has 0 aliphatic carbocycles. The number of nitrogens with one attached hydrogen (secondary N) is 1. The molecule has 0 spiro atoms. The minimum absolute atomic E-state index is 0.218. The predicted octanol–water partition coefficient (Wildman–Crippen LogP) is 3.53. The van der Waals surface area contributed by atoms with Crippen molar-refractivity contribution in [1.82, 2.24) is 5.43 Å². The quantitative estimate of drug-likeness (QED) is 0.638. The maximum atomic E-state index is 11.7. The largest absolute Gasteiger partial charge is 0.496 e.